The molecule has 0 bridgehead atoms. The van der Waals surface area contributed by atoms with Crippen molar-refractivity contribution in [3.8, 4) is 0 Å². The van der Waals surface area contributed by atoms with Crippen molar-refractivity contribution in [2.75, 3.05) is 19.3 Å². The summed E-state index contributed by atoms with van der Waals surface area (Å²) in [6.07, 6.45) is 2.36. The zero-order chi connectivity index (χ0) is 12.0. The second kappa shape index (κ2) is 5.97. The number of hydrogen-bond donors (Lipinski definition) is 2. The summed E-state index contributed by atoms with van der Waals surface area (Å²) in [5.41, 5.74) is 0. The van der Waals surface area contributed by atoms with Crippen LogP contribution in [0.1, 0.15) is 18.6 Å². The highest BCUT2D eigenvalue weighted by molar-refractivity contribution is 7.89. The molecule has 0 unspecified atom stereocenters. The molecule has 0 saturated heterocycles. The van der Waals surface area contributed by atoms with Crippen LogP contribution in [-0.2, 0) is 23.0 Å². The highest BCUT2D eigenvalue weighted by Crippen LogP contribution is 2.03. The minimum atomic E-state index is -3.25. The Morgan fingerprint density at radius 3 is 2.81 bits per heavy atom. The third kappa shape index (κ3) is 4.30. The van der Waals surface area contributed by atoms with Gasteiger partial charge in [-0.25, -0.2) is 18.1 Å². The van der Waals surface area contributed by atoms with Crippen molar-refractivity contribution in [2.24, 2.45) is 0 Å². The topological polar surface area (TPSA) is 84.2 Å². The van der Waals surface area contributed by atoms with Crippen LogP contribution < -0.4 is 10.0 Å². The van der Waals surface area contributed by atoms with E-state index in [9.17, 15) is 8.42 Å². The second-order valence-electron chi connectivity index (χ2n) is 3.32. The predicted octanol–water partition coefficient (Wildman–Crippen LogP) is -0.124. The monoisotopic (exact) mass is 247 g/mol. The van der Waals surface area contributed by atoms with E-state index in [1.54, 1.807) is 13.2 Å². The molecular weight excluding hydrogens is 230 g/mol. The molecule has 92 valence electrons. The molecular formula is C9H17N3O3S. The Morgan fingerprint density at radius 2 is 2.25 bits per heavy atom. The summed E-state index contributed by atoms with van der Waals surface area (Å²) in [6.45, 7) is 2.47. The number of sulfonamides is 1. The van der Waals surface area contributed by atoms with E-state index in [1.165, 1.54) is 0 Å². The zero-order valence-electron chi connectivity index (χ0n) is 9.49. The fourth-order valence-electron chi connectivity index (χ4n) is 1.07. The summed E-state index contributed by atoms with van der Waals surface area (Å²) in [6, 6.07) is 0. The number of nitrogens with one attached hydrogen (secondary N) is 2. The third-order valence-corrected chi connectivity index (χ3v) is 3.34. The molecule has 0 aliphatic rings. The van der Waals surface area contributed by atoms with Crippen molar-refractivity contribution in [2.45, 2.75) is 19.9 Å². The molecule has 1 rings (SSSR count). The number of hydrogen-bond acceptors (Lipinski definition) is 5. The van der Waals surface area contributed by atoms with Gasteiger partial charge in [0.15, 0.2) is 0 Å². The molecule has 0 aromatic carbocycles. The highest BCUT2D eigenvalue weighted by Gasteiger charge is 2.11. The minimum absolute atomic E-state index is 0.0465. The summed E-state index contributed by atoms with van der Waals surface area (Å²) in [5, 5.41) is 2.78. The van der Waals surface area contributed by atoms with Gasteiger partial charge in [-0.05, 0) is 7.05 Å². The van der Waals surface area contributed by atoms with Gasteiger partial charge >= 0.3 is 0 Å². The first-order chi connectivity index (χ1) is 7.57. The van der Waals surface area contributed by atoms with Gasteiger partial charge in [-0.3, -0.25) is 0 Å². The van der Waals surface area contributed by atoms with E-state index in [-0.39, 0.29) is 12.3 Å². The molecule has 0 atom stereocenters. The summed E-state index contributed by atoms with van der Waals surface area (Å²) in [7, 11) is -1.55. The molecule has 1 aromatic rings. The summed E-state index contributed by atoms with van der Waals surface area (Å²) in [4.78, 5) is 3.96. The summed E-state index contributed by atoms with van der Waals surface area (Å²) >= 11 is 0. The van der Waals surface area contributed by atoms with E-state index in [1.807, 2.05) is 6.92 Å². The van der Waals surface area contributed by atoms with E-state index >= 15 is 0 Å². The Kier molecular flexibility index (Phi) is 4.91. The van der Waals surface area contributed by atoms with Gasteiger partial charge in [-0.1, -0.05) is 6.92 Å². The number of aromatic nitrogens is 1. The Balaban J connectivity index is 2.44. The lowest BCUT2D eigenvalue weighted by Crippen LogP contribution is -2.30. The van der Waals surface area contributed by atoms with Gasteiger partial charge < -0.3 is 9.73 Å². The van der Waals surface area contributed by atoms with E-state index in [0.717, 1.165) is 12.2 Å². The Labute approximate surface area is 95.5 Å². The van der Waals surface area contributed by atoms with Crippen molar-refractivity contribution in [1.82, 2.24) is 15.0 Å². The average Bonchev–Trinajstić information content (AvgIpc) is 2.72. The normalized spacial score (nSPS) is 11.9. The molecule has 6 nitrogen and oxygen atoms in total. The molecule has 0 saturated carbocycles. The van der Waals surface area contributed by atoms with Crippen molar-refractivity contribution >= 4 is 10.0 Å². The zero-order valence-corrected chi connectivity index (χ0v) is 10.3. The van der Waals surface area contributed by atoms with E-state index in [2.05, 4.69) is 15.0 Å². The molecule has 7 heteroatoms. The van der Waals surface area contributed by atoms with Crippen LogP contribution in [0.2, 0.25) is 0 Å². The van der Waals surface area contributed by atoms with Crippen LogP contribution in [0.3, 0.4) is 0 Å². The maximum atomic E-state index is 11.4. The number of nitrogens with zero attached hydrogens (tertiary/aromatic N) is 1. The number of oxazole rings is 1. The van der Waals surface area contributed by atoms with Gasteiger partial charge in [0.1, 0.15) is 5.76 Å². The molecule has 0 fully saturated rings. The lowest BCUT2D eigenvalue weighted by Gasteiger charge is -2.03. The molecule has 1 aromatic heterocycles. The predicted molar refractivity (Wildman–Crippen MR) is 60.4 cm³/mol. The maximum Gasteiger partial charge on any atom is 0.213 e. The first-order valence-electron chi connectivity index (χ1n) is 5.13. The standard InChI is InChI=1S/C9H17N3O3S/c1-3-8-6-11-9(15-8)7-12-16(13,14)5-4-10-2/h6,10,12H,3-5,7H2,1-2H3. The van der Waals surface area contributed by atoms with Gasteiger partial charge in [0.05, 0.1) is 18.5 Å². The molecule has 0 aliphatic heterocycles. The second-order valence-corrected chi connectivity index (χ2v) is 5.24. The molecule has 2 N–H and O–H groups in total. The van der Waals surface area contributed by atoms with Crippen molar-refractivity contribution in [1.29, 1.82) is 0 Å². The maximum absolute atomic E-state index is 11.4. The molecule has 1 heterocycles. The molecule has 0 amide bonds. The third-order valence-electron chi connectivity index (χ3n) is 2.01. The fourth-order valence-corrected chi connectivity index (χ4v) is 2.03. The van der Waals surface area contributed by atoms with Crippen LogP contribution >= 0.6 is 0 Å². The quantitative estimate of drug-likeness (QED) is 0.701. The Hall–Kier alpha value is -0.920. The van der Waals surface area contributed by atoms with Crippen molar-refractivity contribution < 1.29 is 12.8 Å². The Bertz CT molecular complexity index is 413. The SMILES string of the molecule is CCc1cnc(CNS(=O)(=O)CCNC)o1. The van der Waals surface area contributed by atoms with E-state index < -0.39 is 10.0 Å². The largest absolute Gasteiger partial charge is 0.444 e. The van der Waals surface area contributed by atoms with Gasteiger partial charge in [-0.15, -0.1) is 0 Å². The van der Waals surface area contributed by atoms with E-state index in [0.29, 0.717) is 12.4 Å². The molecule has 0 radical (unpaired) electrons. The first-order valence-corrected chi connectivity index (χ1v) is 6.78. The lowest BCUT2D eigenvalue weighted by atomic mass is 10.4. The van der Waals surface area contributed by atoms with Gasteiger partial charge in [0.2, 0.25) is 15.9 Å². The molecule has 0 aliphatic carbocycles. The fraction of sp³-hybridized carbons (Fsp3) is 0.667. The van der Waals surface area contributed by atoms with Crippen LogP contribution in [-0.4, -0.2) is 32.7 Å². The number of rotatable bonds is 7. The van der Waals surface area contributed by atoms with Crippen molar-refractivity contribution in [3.63, 3.8) is 0 Å². The molecule has 0 spiro atoms. The smallest absolute Gasteiger partial charge is 0.213 e. The van der Waals surface area contributed by atoms with Gasteiger partial charge in [0, 0.05) is 13.0 Å². The minimum Gasteiger partial charge on any atom is -0.444 e. The lowest BCUT2D eigenvalue weighted by molar-refractivity contribution is 0.452. The van der Waals surface area contributed by atoms with Crippen LogP contribution in [0.5, 0.6) is 0 Å². The van der Waals surface area contributed by atoms with E-state index in [4.69, 9.17) is 4.42 Å². The van der Waals surface area contributed by atoms with Crippen LogP contribution in [0, 0.1) is 0 Å². The Morgan fingerprint density at radius 1 is 1.50 bits per heavy atom. The van der Waals surface area contributed by atoms with Crippen LogP contribution in [0.25, 0.3) is 0 Å². The van der Waals surface area contributed by atoms with Gasteiger partial charge in [-0.2, -0.15) is 0 Å². The van der Waals surface area contributed by atoms with Gasteiger partial charge in [0.25, 0.3) is 0 Å². The van der Waals surface area contributed by atoms with Crippen LogP contribution in [0.4, 0.5) is 0 Å². The van der Waals surface area contributed by atoms with Crippen LogP contribution in [0.15, 0.2) is 10.6 Å². The highest BCUT2D eigenvalue weighted by atomic mass is 32.2. The number of aryl methyl sites for hydroxylation is 1. The average molecular weight is 247 g/mol. The summed E-state index contributed by atoms with van der Waals surface area (Å²) in [5.74, 6) is 1.19. The first kappa shape index (κ1) is 13.1. The van der Waals surface area contributed by atoms with Crippen molar-refractivity contribution in [3.05, 3.63) is 17.8 Å². The summed E-state index contributed by atoms with van der Waals surface area (Å²) < 4.78 is 30.5. The molecule has 16 heavy (non-hydrogen) atoms.